The zero-order valence-electron chi connectivity index (χ0n) is 6.79. The maximum atomic E-state index is 13.3. The zero-order chi connectivity index (χ0) is 10.3. The molecule has 2 aromatic rings. The molecule has 0 unspecified atom stereocenters. The van der Waals surface area contributed by atoms with Crippen LogP contribution in [-0.2, 0) is 9.05 Å². The number of hydrogen-bond acceptors (Lipinski definition) is 2. The quantitative estimate of drug-likeness (QED) is 0.768. The van der Waals surface area contributed by atoms with Gasteiger partial charge in [0.05, 0.1) is 5.39 Å². The molecule has 14 heavy (non-hydrogen) atoms. The minimum Gasteiger partial charge on any atom is -0.360 e. The number of aromatic amines is 1. The van der Waals surface area contributed by atoms with E-state index in [0.29, 0.717) is 5.52 Å². The molecular weight excluding hydrogens is 229 g/mol. The van der Waals surface area contributed by atoms with Crippen LogP contribution >= 0.6 is 10.7 Å². The summed E-state index contributed by atoms with van der Waals surface area (Å²) in [6.45, 7) is 0. The zero-order valence-corrected chi connectivity index (χ0v) is 8.36. The van der Waals surface area contributed by atoms with Gasteiger partial charge in [0.2, 0.25) is 0 Å². The largest absolute Gasteiger partial charge is 0.360 e. The Morgan fingerprint density at radius 1 is 1.36 bits per heavy atom. The van der Waals surface area contributed by atoms with Gasteiger partial charge in [-0.2, -0.15) is 0 Å². The summed E-state index contributed by atoms with van der Waals surface area (Å²) in [5.41, 5.74) is 0.407. The Morgan fingerprint density at radius 3 is 2.71 bits per heavy atom. The average Bonchev–Trinajstić information content (AvgIpc) is 2.47. The summed E-state index contributed by atoms with van der Waals surface area (Å²) in [6.07, 6.45) is 1.18. The van der Waals surface area contributed by atoms with Gasteiger partial charge in [0.25, 0.3) is 9.05 Å². The minimum absolute atomic E-state index is 0.00231. The van der Waals surface area contributed by atoms with Crippen LogP contribution in [0.15, 0.2) is 29.3 Å². The predicted octanol–water partition coefficient (Wildman–Crippen LogP) is 2.23. The molecule has 1 N–H and O–H groups in total. The molecular formula is C8H5ClFNO2S. The molecule has 6 heteroatoms. The lowest BCUT2D eigenvalue weighted by Crippen LogP contribution is -1.89. The number of rotatable bonds is 1. The first kappa shape index (κ1) is 9.48. The van der Waals surface area contributed by atoms with E-state index in [2.05, 4.69) is 4.98 Å². The van der Waals surface area contributed by atoms with Crippen LogP contribution in [0.1, 0.15) is 0 Å². The second-order valence-corrected chi connectivity index (χ2v) is 5.29. The van der Waals surface area contributed by atoms with E-state index >= 15 is 0 Å². The second kappa shape index (κ2) is 2.96. The molecule has 0 fully saturated rings. The van der Waals surface area contributed by atoms with Gasteiger partial charge in [-0.05, 0) is 12.1 Å². The van der Waals surface area contributed by atoms with Gasteiger partial charge >= 0.3 is 0 Å². The third-order valence-corrected chi connectivity index (χ3v) is 3.23. The van der Waals surface area contributed by atoms with Gasteiger partial charge in [0.1, 0.15) is 10.7 Å². The highest BCUT2D eigenvalue weighted by atomic mass is 35.7. The molecule has 0 saturated carbocycles. The predicted molar refractivity (Wildman–Crippen MR) is 51.3 cm³/mol. The maximum Gasteiger partial charge on any atom is 0.263 e. The Morgan fingerprint density at radius 2 is 2.07 bits per heavy atom. The molecule has 1 aromatic carbocycles. The van der Waals surface area contributed by atoms with E-state index in [1.54, 1.807) is 6.07 Å². The molecule has 0 spiro atoms. The SMILES string of the molecule is O=S(=O)(Cl)c1c[nH]c2cccc(F)c12. The van der Waals surface area contributed by atoms with E-state index in [1.165, 1.54) is 18.3 Å². The van der Waals surface area contributed by atoms with Crippen LogP contribution in [0.4, 0.5) is 4.39 Å². The van der Waals surface area contributed by atoms with Gasteiger partial charge in [0.15, 0.2) is 0 Å². The highest BCUT2D eigenvalue weighted by molar-refractivity contribution is 8.14. The highest BCUT2D eigenvalue weighted by Gasteiger charge is 2.18. The van der Waals surface area contributed by atoms with Crippen molar-refractivity contribution in [3.05, 3.63) is 30.2 Å². The fourth-order valence-corrected chi connectivity index (χ4v) is 2.32. The van der Waals surface area contributed by atoms with Crippen molar-refractivity contribution >= 4 is 30.6 Å². The number of halogens is 2. The van der Waals surface area contributed by atoms with Crippen molar-refractivity contribution in [3.8, 4) is 0 Å². The van der Waals surface area contributed by atoms with Gasteiger partial charge in [-0.1, -0.05) is 6.07 Å². The molecule has 0 bridgehead atoms. The van der Waals surface area contributed by atoms with Crippen LogP contribution in [0.25, 0.3) is 10.9 Å². The maximum absolute atomic E-state index is 13.3. The molecule has 0 aliphatic carbocycles. The number of hydrogen-bond donors (Lipinski definition) is 1. The number of fused-ring (bicyclic) bond motifs is 1. The standard InChI is InChI=1S/C8H5ClFNO2S/c9-14(12,13)7-4-11-6-3-1-2-5(10)8(6)7/h1-4,11H. The normalized spacial score (nSPS) is 12.1. The molecule has 1 heterocycles. The molecule has 3 nitrogen and oxygen atoms in total. The Bertz CT molecular complexity index is 590. The van der Waals surface area contributed by atoms with Crippen LogP contribution in [0.5, 0.6) is 0 Å². The number of aromatic nitrogens is 1. The first-order valence-electron chi connectivity index (χ1n) is 3.70. The number of nitrogens with one attached hydrogen (secondary N) is 1. The molecule has 2 rings (SSSR count). The minimum atomic E-state index is -3.91. The third-order valence-electron chi connectivity index (χ3n) is 1.88. The summed E-state index contributed by atoms with van der Waals surface area (Å²) >= 11 is 0. The van der Waals surface area contributed by atoms with Crippen LogP contribution in [0, 0.1) is 5.82 Å². The Kier molecular flexibility index (Phi) is 2.01. The lowest BCUT2D eigenvalue weighted by molar-refractivity contribution is 0.608. The number of H-pyrrole nitrogens is 1. The fourth-order valence-electron chi connectivity index (χ4n) is 1.30. The van der Waals surface area contributed by atoms with Gasteiger partial charge in [-0.15, -0.1) is 0 Å². The highest BCUT2D eigenvalue weighted by Crippen LogP contribution is 2.27. The second-order valence-electron chi connectivity index (χ2n) is 2.75. The van der Waals surface area contributed by atoms with Crippen molar-refractivity contribution < 1.29 is 12.8 Å². The summed E-state index contributed by atoms with van der Waals surface area (Å²) < 4.78 is 35.3. The third kappa shape index (κ3) is 1.38. The summed E-state index contributed by atoms with van der Waals surface area (Å²) in [5.74, 6) is -0.608. The smallest absolute Gasteiger partial charge is 0.263 e. The van der Waals surface area contributed by atoms with Crippen molar-refractivity contribution in [3.63, 3.8) is 0 Å². The van der Waals surface area contributed by atoms with Crippen LogP contribution in [0.3, 0.4) is 0 Å². The Labute approximate surface area is 83.9 Å². The van der Waals surface area contributed by atoms with Gasteiger partial charge in [-0.3, -0.25) is 0 Å². The molecule has 0 saturated heterocycles. The monoisotopic (exact) mass is 233 g/mol. The molecule has 74 valence electrons. The van der Waals surface area contributed by atoms with Crippen molar-refractivity contribution in [2.75, 3.05) is 0 Å². The molecule has 0 atom stereocenters. The molecule has 1 aromatic heterocycles. The Balaban J connectivity index is 2.94. The van der Waals surface area contributed by atoms with Crippen molar-refractivity contribution in [2.45, 2.75) is 4.90 Å². The van der Waals surface area contributed by atoms with E-state index in [4.69, 9.17) is 10.7 Å². The molecule has 0 amide bonds. The van der Waals surface area contributed by atoms with Crippen molar-refractivity contribution in [2.24, 2.45) is 0 Å². The lowest BCUT2D eigenvalue weighted by Gasteiger charge is -1.94. The van der Waals surface area contributed by atoms with E-state index < -0.39 is 14.9 Å². The van der Waals surface area contributed by atoms with E-state index in [-0.39, 0.29) is 10.3 Å². The van der Waals surface area contributed by atoms with Crippen molar-refractivity contribution in [1.29, 1.82) is 0 Å². The van der Waals surface area contributed by atoms with Gasteiger partial charge in [-0.25, -0.2) is 12.8 Å². The first-order valence-corrected chi connectivity index (χ1v) is 6.01. The molecule has 0 aliphatic heterocycles. The summed E-state index contributed by atoms with van der Waals surface area (Å²) in [6, 6.07) is 4.24. The topological polar surface area (TPSA) is 49.9 Å². The molecule has 0 aliphatic rings. The van der Waals surface area contributed by atoms with Crippen LogP contribution in [-0.4, -0.2) is 13.4 Å². The van der Waals surface area contributed by atoms with Gasteiger partial charge in [0, 0.05) is 22.4 Å². The van der Waals surface area contributed by atoms with E-state index in [9.17, 15) is 12.8 Å². The number of benzene rings is 1. The average molecular weight is 234 g/mol. The summed E-state index contributed by atoms with van der Waals surface area (Å²) in [5, 5.41) is 0.00231. The lowest BCUT2D eigenvalue weighted by atomic mass is 10.2. The first-order chi connectivity index (χ1) is 6.50. The van der Waals surface area contributed by atoms with Crippen molar-refractivity contribution in [1.82, 2.24) is 4.98 Å². The van der Waals surface area contributed by atoms with Crippen LogP contribution < -0.4 is 0 Å². The molecule has 0 radical (unpaired) electrons. The summed E-state index contributed by atoms with van der Waals surface area (Å²) in [7, 11) is 1.23. The Hall–Kier alpha value is -1.07. The van der Waals surface area contributed by atoms with E-state index in [0.717, 1.165) is 0 Å². The van der Waals surface area contributed by atoms with E-state index in [1.807, 2.05) is 0 Å². The fraction of sp³-hybridized carbons (Fsp3) is 0. The van der Waals surface area contributed by atoms with Crippen LogP contribution in [0.2, 0.25) is 0 Å². The van der Waals surface area contributed by atoms with Gasteiger partial charge < -0.3 is 4.98 Å². The summed E-state index contributed by atoms with van der Waals surface area (Å²) in [4.78, 5) is 2.40.